The molecule has 1 aromatic heterocycles. The molecule has 40 heavy (non-hydrogen) atoms. The van der Waals surface area contributed by atoms with E-state index in [4.69, 9.17) is 0 Å². The Labute approximate surface area is 230 Å². The SMILES string of the molecule is CC1CN(C(=O)c2ccccc2)CCN1C(=O)C(=O)c1c[nH]c2c(NC(=O)c3ccc(B(O)O)cc3)cccc12. The van der Waals surface area contributed by atoms with Crippen LogP contribution < -0.4 is 10.8 Å². The second kappa shape index (κ2) is 11.2. The highest BCUT2D eigenvalue weighted by molar-refractivity contribution is 6.58. The van der Waals surface area contributed by atoms with E-state index < -0.39 is 24.7 Å². The number of carbonyl (C=O) groups is 4. The molecule has 4 N–H and O–H groups in total. The molecule has 1 saturated heterocycles. The fourth-order valence-corrected chi connectivity index (χ4v) is 4.90. The molecular weight excluding hydrogens is 511 g/mol. The molecular formula is C29H27BN4O6. The van der Waals surface area contributed by atoms with Gasteiger partial charge in [0.1, 0.15) is 0 Å². The lowest BCUT2D eigenvalue weighted by molar-refractivity contribution is -0.130. The molecule has 1 fully saturated rings. The Morgan fingerprint density at radius 2 is 1.62 bits per heavy atom. The maximum Gasteiger partial charge on any atom is 0.488 e. The Bertz CT molecular complexity index is 1590. The Morgan fingerprint density at radius 3 is 2.30 bits per heavy atom. The van der Waals surface area contributed by atoms with Gasteiger partial charge in [0.2, 0.25) is 0 Å². The Morgan fingerprint density at radius 1 is 0.900 bits per heavy atom. The number of hydrogen-bond donors (Lipinski definition) is 4. The Kier molecular flexibility index (Phi) is 7.50. The molecule has 0 aliphatic carbocycles. The first-order chi connectivity index (χ1) is 19.2. The molecule has 0 bridgehead atoms. The summed E-state index contributed by atoms with van der Waals surface area (Å²) >= 11 is 0. The van der Waals surface area contributed by atoms with E-state index in [2.05, 4.69) is 10.3 Å². The van der Waals surface area contributed by atoms with Gasteiger partial charge in [-0.05, 0) is 42.7 Å². The number of H-pyrrole nitrogens is 1. The number of aromatic nitrogens is 1. The largest absolute Gasteiger partial charge is 0.488 e. The first kappa shape index (κ1) is 26.9. The summed E-state index contributed by atoms with van der Waals surface area (Å²) in [6.45, 7) is 2.68. The summed E-state index contributed by atoms with van der Waals surface area (Å²) in [6.07, 6.45) is 1.46. The third kappa shape index (κ3) is 5.24. The monoisotopic (exact) mass is 538 g/mol. The molecule has 1 atom stereocenters. The predicted octanol–water partition coefficient (Wildman–Crippen LogP) is 1.66. The number of rotatable bonds is 6. The van der Waals surface area contributed by atoms with Crippen molar-refractivity contribution < 1.29 is 29.2 Å². The number of piperazine rings is 1. The van der Waals surface area contributed by atoms with Crippen LogP contribution in [0.1, 0.15) is 38.0 Å². The highest BCUT2D eigenvalue weighted by atomic mass is 16.4. The van der Waals surface area contributed by atoms with Crippen LogP contribution >= 0.6 is 0 Å². The molecule has 1 aliphatic rings. The van der Waals surface area contributed by atoms with E-state index in [0.29, 0.717) is 40.8 Å². The van der Waals surface area contributed by atoms with Crippen LogP contribution in [0.2, 0.25) is 0 Å². The number of anilines is 1. The maximum absolute atomic E-state index is 13.3. The van der Waals surface area contributed by atoms with E-state index in [1.165, 1.54) is 35.4 Å². The quantitative estimate of drug-likeness (QED) is 0.167. The molecule has 1 aliphatic heterocycles. The van der Waals surface area contributed by atoms with Gasteiger partial charge in [0, 0.05) is 48.4 Å². The fourth-order valence-electron chi connectivity index (χ4n) is 4.90. The number of nitrogens with zero attached hydrogens (tertiary/aromatic N) is 2. The summed E-state index contributed by atoms with van der Waals surface area (Å²) in [5.41, 5.74) is 2.23. The lowest BCUT2D eigenvalue weighted by Gasteiger charge is -2.39. The highest BCUT2D eigenvalue weighted by Gasteiger charge is 2.34. The van der Waals surface area contributed by atoms with E-state index >= 15 is 0 Å². The maximum atomic E-state index is 13.3. The van der Waals surface area contributed by atoms with Crippen LogP contribution in [0, 0.1) is 0 Å². The summed E-state index contributed by atoms with van der Waals surface area (Å²) in [7, 11) is -1.63. The molecule has 0 radical (unpaired) electrons. The van der Waals surface area contributed by atoms with Crippen molar-refractivity contribution in [3.8, 4) is 0 Å². The van der Waals surface area contributed by atoms with Crippen LogP contribution in [0.4, 0.5) is 5.69 Å². The fraction of sp³-hybridized carbons (Fsp3) is 0.172. The summed E-state index contributed by atoms with van der Waals surface area (Å²) < 4.78 is 0. The first-order valence-corrected chi connectivity index (χ1v) is 12.8. The molecule has 3 amide bonds. The normalized spacial score (nSPS) is 15.1. The second-order valence-electron chi connectivity index (χ2n) is 9.67. The molecule has 202 valence electrons. The molecule has 2 heterocycles. The zero-order chi connectivity index (χ0) is 28.4. The van der Waals surface area contributed by atoms with Gasteiger partial charge in [-0.3, -0.25) is 19.2 Å². The average molecular weight is 538 g/mol. The van der Waals surface area contributed by atoms with Gasteiger partial charge in [-0.15, -0.1) is 0 Å². The highest BCUT2D eigenvalue weighted by Crippen LogP contribution is 2.27. The molecule has 5 rings (SSSR count). The number of hydrogen-bond acceptors (Lipinski definition) is 6. The van der Waals surface area contributed by atoms with Gasteiger partial charge in [-0.25, -0.2) is 0 Å². The summed E-state index contributed by atoms with van der Waals surface area (Å²) in [4.78, 5) is 58.4. The number of carbonyl (C=O) groups excluding carboxylic acids is 4. The number of amides is 3. The topological polar surface area (TPSA) is 143 Å². The lowest BCUT2D eigenvalue weighted by atomic mass is 9.80. The molecule has 0 saturated carbocycles. The molecule has 11 heteroatoms. The molecule has 0 spiro atoms. The molecule has 4 aromatic rings. The number of fused-ring (bicyclic) bond motifs is 1. The van der Waals surface area contributed by atoms with Gasteiger partial charge < -0.3 is 30.1 Å². The van der Waals surface area contributed by atoms with Gasteiger partial charge in [0.25, 0.3) is 23.5 Å². The van der Waals surface area contributed by atoms with Crippen molar-refractivity contribution in [2.24, 2.45) is 0 Å². The molecule has 10 nitrogen and oxygen atoms in total. The molecule has 1 unspecified atom stereocenters. The zero-order valence-electron chi connectivity index (χ0n) is 21.7. The van der Waals surface area contributed by atoms with Crippen LogP contribution in [-0.2, 0) is 4.79 Å². The van der Waals surface area contributed by atoms with Gasteiger partial charge in [0.05, 0.1) is 16.8 Å². The van der Waals surface area contributed by atoms with E-state index in [0.717, 1.165) is 0 Å². The van der Waals surface area contributed by atoms with Gasteiger partial charge in [-0.2, -0.15) is 0 Å². The van der Waals surface area contributed by atoms with Crippen molar-refractivity contribution in [2.75, 3.05) is 25.0 Å². The standard InChI is InChI=1S/C29H27BN4O6/c1-18-17-33(28(37)20-6-3-2-4-7-20)14-15-34(18)29(38)26(35)23-16-31-25-22(23)8-5-9-24(25)32-27(36)19-10-12-21(13-11-19)30(39)40/h2-13,16,18,31,39-40H,14-15,17H2,1H3,(H,32,36). The van der Waals surface area contributed by atoms with Gasteiger partial charge in [0.15, 0.2) is 0 Å². The van der Waals surface area contributed by atoms with E-state index in [1.807, 2.05) is 13.0 Å². The lowest BCUT2D eigenvalue weighted by Crippen LogP contribution is -2.56. The number of benzene rings is 3. The van der Waals surface area contributed by atoms with Crippen molar-refractivity contribution in [3.63, 3.8) is 0 Å². The average Bonchev–Trinajstić information content (AvgIpc) is 3.41. The van der Waals surface area contributed by atoms with Crippen molar-refractivity contribution in [1.29, 1.82) is 0 Å². The van der Waals surface area contributed by atoms with E-state index in [-0.39, 0.29) is 29.5 Å². The third-order valence-corrected chi connectivity index (χ3v) is 7.07. The van der Waals surface area contributed by atoms with Crippen LogP contribution in [0.25, 0.3) is 10.9 Å². The van der Waals surface area contributed by atoms with Crippen LogP contribution in [0.15, 0.2) is 79.0 Å². The number of nitrogens with one attached hydrogen (secondary N) is 2. The number of para-hydroxylation sites is 1. The molecule has 3 aromatic carbocycles. The van der Waals surface area contributed by atoms with Crippen molar-refractivity contribution >= 4 is 52.7 Å². The minimum atomic E-state index is -1.63. The summed E-state index contributed by atoms with van der Waals surface area (Å²) in [5, 5.41) is 21.8. The Balaban J connectivity index is 1.29. The summed E-state index contributed by atoms with van der Waals surface area (Å²) in [5.74, 6) is -1.87. The van der Waals surface area contributed by atoms with E-state index in [9.17, 15) is 29.2 Å². The van der Waals surface area contributed by atoms with Crippen molar-refractivity contribution in [3.05, 3.63) is 95.7 Å². The van der Waals surface area contributed by atoms with E-state index in [1.54, 1.807) is 47.4 Å². The smallest absolute Gasteiger partial charge is 0.423 e. The predicted molar refractivity (Wildman–Crippen MR) is 150 cm³/mol. The van der Waals surface area contributed by atoms with Crippen LogP contribution in [0.3, 0.4) is 0 Å². The minimum absolute atomic E-state index is 0.112. The van der Waals surface area contributed by atoms with Crippen molar-refractivity contribution in [1.82, 2.24) is 14.8 Å². The minimum Gasteiger partial charge on any atom is -0.423 e. The second-order valence-corrected chi connectivity index (χ2v) is 9.67. The van der Waals surface area contributed by atoms with Crippen molar-refractivity contribution in [2.45, 2.75) is 13.0 Å². The van der Waals surface area contributed by atoms with Gasteiger partial charge >= 0.3 is 7.12 Å². The summed E-state index contributed by atoms with van der Waals surface area (Å²) in [6, 6.07) is 19.5. The zero-order valence-corrected chi connectivity index (χ0v) is 21.7. The number of aromatic amines is 1. The number of Topliss-reactive ketones (excluding diaryl/α,β-unsaturated/α-hetero) is 1. The van der Waals surface area contributed by atoms with Gasteiger partial charge in [-0.1, -0.05) is 42.5 Å². The first-order valence-electron chi connectivity index (χ1n) is 12.8. The van der Waals surface area contributed by atoms with Crippen LogP contribution in [0.5, 0.6) is 0 Å². The third-order valence-electron chi connectivity index (χ3n) is 7.07. The van der Waals surface area contributed by atoms with Crippen LogP contribution in [-0.4, -0.2) is 81.1 Å². The number of ketones is 1. The Hall–Kier alpha value is -4.74.